The van der Waals surface area contributed by atoms with Gasteiger partial charge in [0.1, 0.15) is 5.82 Å². The second-order valence-electron chi connectivity index (χ2n) is 7.76. The van der Waals surface area contributed by atoms with E-state index in [0.717, 1.165) is 68.1 Å². The molecule has 0 bridgehead atoms. The number of halogens is 1. The first-order chi connectivity index (χ1) is 15.7. The monoisotopic (exact) mass is 474 g/mol. The summed E-state index contributed by atoms with van der Waals surface area (Å²) in [5.41, 5.74) is 3.53. The number of thiazole rings is 1. The zero-order chi connectivity index (χ0) is 21.9. The van der Waals surface area contributed by atoms with Gasteiger partial charge in [-0.15, -0.1) is 11.3 Å². The van der Waals surface area contributed by atoms with E-state index >= 15 is 0 Å². The average molecular weight is 475 g/mol. The summed E-state index contributed by atoms with van der Waals surface area (Å²) in [6.45, 7) is 4.59. The number of fused-ring (bicyclic) bond motifs is 1. The zero-order valence-corrected chi connectivity index (χ0v) is 18.9. The minimum Gasteiger partial charge on any atom is -0.390 e. The number of hydrogen-bond acceptors (Lipinski definition) is 9. The first-order valence-corrected chi connectivity index (χ1v) is 11.9. The fourth-order valence-corrected chi connectivity index (χ4v) is 4.79. The highest BCUT2D eigenvalue weighted by Crippen LogP contribution is 2.31. The number of hydrogen-bond donors (Lipinski definition) is 1. The molecule has 1 atom stereocenters. The molecule has 0 aliphatic carbocycles. The number of nitrogens with zero attached hydrogens (tertiary/aromatic N) is 5. The summed E-state index contributed by atoms with van der Waals surface area (Å²) in [4.78, 5) is 29.7. The number of rotatable bonds is 4. The van der Waals surface area contributed by atoms with Crippen molar-refractivity contribution >= 4 is 51.4 Å². The number of benzene rings is 1. The third kappa shape index (κ3) is 4.72. The molecular formula is C21H23ClN6O3S. The standard InChI is InChI=1S/C21H23ClN6O3S/c22-20-25-17-10-15(27-6-8-30-9-7-27)3-4-16(17)19(26-20)28-5-1-2-14(11-28)24-21(29)31-18-12-32-13-23-18/h3-4,10,12-14H,1-2,5-9,11H2,(H,24,29). The third-order valence-electron chi connectivity index (χ3n) is 5.66. The van der Waals surface area contributed by atoms with E-state index in [-0.39, 0.29) is 11.3 Å². The van der Waals surface area contributed by atoms with Crippen LogP contribution < -0.4 is 19.9 Å². The summed E-state index contributed by atoms with van der Waals surface area (Å²) in [6.07, 6.45) is 1.28. The Bertz CT molecular complexity index is 1090. The lowest BCUT2D eigenvalue weighted by atomic mass is 10.1. The topological polar surface area (TPSA) is 92.7 Å². The average Bonchev–Trinajstić information content (AvgIpc) is 3.31. The second kappa shape index (κ2) is 9.43. The highest BCUT2D eigenvalue weighted by atomic mass is 35.5. The van der Waals surface area contributed by atoms with Crippen molar-refractivity contribution in [3.05, 3.63) is 34.4 Å². The predicted octanol–water partition coefficient (Wildman–Crippen LogP) is 3.33. The first-order valence-electron chi connectivity index (χ1n) is 10.6. The molecule has 9 nitrogen and oxygen atoms in total. The van der Waals surface area contributed by atoms with E-state index < -0.39 is 6.09 Å². The molecule has 5 rings (SSSR count). The molecule has 4 heterocycles. The van der Waals surface area contributed by atoms with Crippen molar-refractivity contribution in [3.63, 3.8) is 0 Å². The number of anilines is 2. The Morgan fingerprint density at radius 1 is 1.22 bits per heavy atom. The highest BCUT2D eigenvalue weighted by molar-refractivity contribution is 7.07. The number of ether oxygens (including phenoxy) is 2. The van der Waals surface area contributed by atoms with Gasteiger partial charge in [-0.2, -0.15) is 4.98 Å². The maximum Gasteiger partial charge on any atom is 0.414 e. The minimum atomic E-state index is -0.497. The van der Waals surface area contributed by atoms with Gasteiger partial charge in [0.2, 0.25) is 11.2 Å². The van der Waals surface area contributed by atoms with Crippen LogP contribution in [0.5, 0.6) is 5.88 Å². The van der Waals surface area contributed by atoms with E-state index in [1.807, 2.05) is 0 Å². The van der Waals surface area contributed by atoms with Crippen LogP contribution in [0.1, 0.15) is 12.8 Å². The van der Waals surface area contributed by atoms with Crippen LogP contribution in [0.15, 0.2) is 29.1 Å². The number of morpholine rings is 1. The Kier molecular flexibility index (Phi) is 6.24. The van der Waals surface area contributed by atoms with E-state index in [9.17, 15) is 4.79 Å². The van der Waals surface area contributed by atoms with E-state index in [0.29, 0.717) is 12.4 Å². The van der Waals surface area contributed by atoms with Crippen LogP contribution in [-0.4, -0.2) is 66.5 Å². The molecule has 11 heteroatoms. The van der Waals surface area contributed by atoms with Crippen molar-refractivity contribution in [3.8, 4) is 5.88 Å². The number of piperidine rings is 1. The number of carbonyl (C=O) groups excluding carboxylic acids is 1. The van der Waals surface area contributed by atoms with Gasteiger partial charge in [-0.3, -0.25) is 0 Å². The molecule has 0 spiro atoms. The van der Waals surface area contributed by atoms with Gasteiger partial charge in [-0.1, -0.05) is 0 Å². The smallest absolute Gasteiger partial charge is 0.390 e. The van der Waals surface area contributed by atoms with Crippen LogP contribution in [0, 0.1) is 0 Å². The van der Waals surface area contributed by atoms with Gasteiger partial charge in [-0.05, 0) is 42.6 Å². The van der Waals surface area contributed by atoms with Gasteiger partial charge in [-0.25, -0.2) is 14.8 Å². The van der Waals surface area contributed by atoms with Gasteiger partial charge in [0.25, 0.3) is 0 Å². The Labute approximate surface area is 194 Å². The highest BCUT2D eigenvalue weighted by Gasteiger charge is 2.25. The molecule has 32 heavy (non-hydrogen) atoms. The second-order valence-corrected chi connectivity index (χ2v) is 8.82. The SMILES string of the molecule is O=C(NC1CCCN(c2nc(Cl)nc3cc(N4CCOCC4)ccc23)C1)Oc1cscn1. The number of amides is 1. The van der Waals surface area contributed by atoms with Gasteiger partial charge < -0.3 is 24.6 Å². The molecule has 2 aromatic heterocycles. The van der Waals surface area contributed by atoms with Crippen molar-refractivity contribution in [1.29, 1.82) is 0 Å². The lowest BCUT2D eigenvalue weighted by Gasteiger charge is -2.34. The summed E-state index contributed by atoms with van der Waals surface area (Å²) >= 11 is 7.68. The van der Waals surface area contributed by atoms with Crippen LogP contribution in [-0.2, 0) is 4.74 Å². The van der Waals surface area contributed by atoms with Crippen molar-refractivity contribution in [1.82, 2.24) is 20.3 Å². The van der Waals surface area contributed by atoms with Crippen LogP contribution in [0.25, 0.3) is 10.9 Å². The van der Waals surface area contributed by atoms with Gasteiger partial charge >= 0.3 is 6.09 Å². The molecule has 2 saturated heterocycles. The summed E-state index contributed by atoms with van der Waals surface area (Å²) in [6, 6.07) is 6.15. The van der Waals surface area contributed by atoms with Crippen LogP contribution >= 0.6 is 22.9 Å². The van der Waals surface area contributed by atoms with Crippen LogP contribution in [0.4, 0.5) is 16.3 Å². The van der Waals surface area contributed by atoms with E-state index in [2.05, 4.69) is 48.3 Å². The molecule has 2 fully saturated rings. The fourth-order valence-electron chi connectivity index (χ4n) is 4.16. The van der Waals surface area contributed by atoms with E-state index in [1.165, 1.54) is 11.3 Å². The summed E-state index contributed by atoms with van der Waals surface area (Å²) in [5, 5.41) is 5.78. The quantitative estimate of drug-likeness (QED) is 0.575. The Morgan fingerprint density at radius 3 is 2.91 bits per heavy atom. The largest absolute Gasteiger partial charge is 0.414 e. The molecule has 1 amide bonds. The molecular weight excluding hydrogens is 452 g/mol. The van der Waals surface area contributed by atoms with E-state index in [4.69, 9.17) is 21.1 Å². The molecule has 168 valence electrons. The summed E-state index contributed by atoms with van der Waals surface area (Å²) < 4.78 is 10.7. The van der Waals surface area contributed by atoms with Gasteiger partial charge in [0, 0.05) is 43.3 Å². The fraction of sp³-hybridized carbons (Fsp3) is 0.429. The normalized spacial score (nSPS) is 19.2. The maximum absolute atomic E-state index is 12.2. The molecule has 0 saturated carbocycles. The third-order valence-corrected chi connectivity index (χ3v) is 6.39. The van der Waals surface area contributed by atoms with Gasteiger partial charge in [0.05, 0.1) is 29.6 Å². The van der Waals surface area contributed by atoms with Crippen molar-refractivity contribution in [2.24, 2.45) is 0 Å². The Balaban J connectivity index is 1.34. The molecule has 2 aliphatic heterocycles. The van der Waals surface area contributed by atoms with Crippen molar-refractivity contribution in [2.75, 3.05) is 49.2 Å². The molecule has 1 N–H and O–H groups in total. The lowest BCUT2D eigenvalue weighted by Crippen LogP contribution is -2.48. The summed E-state index contributed by atoms with van der Waals surface area (Å²) in [7, 11) is 0. The van der Waals surface area contributed by atoms with Gasteiger partial charge in [0.15, 0.2) is 0 Å². The predicted molar refractivity (Wildman–Crippen MR) is 124 cm³/mol. The molecule has 1 aromatic carbocycles. The maximum atomic E-state index is 12.2. The molecule has 3 aromatic rings. The van der Waals surface area contributed by atoms with E-state index in [1.54, 1.807) is 10.9 Å². The zero-order valence-electron chi connectivity index (χ0n) is 17.4. The molecule has 2 aliphatic rings. The number of aromatic nitrogens is 3. The Morgan fingerprint density at radius 2 is 2.09 bits per heavy atom. The number of nitrogens with one attached hydrogen (secondary N) is 1. The lowest BCUT2D eigenvalue weighted by molar-refractivity contribution is 0.122. The number of carbonyl (C=O) groups is 1. The van der Waals surface area contributed by atoms with Crippen molar-refractivity contribution < 1.29 is 14.3 Å². The first kappa shape index (κ1) is 21.2. The molecule has 0 radical (unpaired) electrons. The minimum absolute atomic E-state index is 0.0636. The van der Waals surface area contributed by atoms with Crippen molar-refractivity contribution in [2.45, 2.75) is 18.9 Å². The van der Waals surface area contributed by atoms with Crippen LogP contribution in [0.2, 0.25) is 5.28 Å². The molecule has 1 unspecified atom stereocenters. The van der Waals surface area contributed by atoms with Crippen LogP contribution in [0.3, 0.4) is 0 Å². The Hall–Kier alpha value is -2.69. The summed E-state index contributed by atoms with van der Waals surface area (Å²) in [5.74, 6) is 1.10.